The predicted octanol–water partition coefficient (Wildman–Crippen LogP) is 7.42. The van der Waals surface area contributed by atoms with E-state index in [1.807, 2.05) is 36.4 Å². The van der Waals surface area contributed by atoms with Crippen molar-refractivity contribution in [3.05, 3.63) is 142 Å². The molecule has 4 amide bonds. The van der Waals surface area contributed by atoms with Crippen LogP contribution in [0.25, 0.3) is 0 Å². The number of phenolic OH excluding ortho intramolecular Hbond substituents is 1. The second-order valence-electron chi connectivity index (χ2n) is 13.9. The molecule has 3 fully saturated rings. The Bertz CT molecular complexity index is 2230. The molecule has 6 unspecified atom stereocenters. The van der Waals surface area contributed by atoms with Gasteiger partial charge in [-0.25, -0.2) is 4.90 Å². The molecule has 5 aliphatic rings. The fraction of sp³-hybridized carbons (Fsp3) is 0.220. The van der Waals surface area contributed by atoms with Crippen LogP contribution in [0.1, 0.15) is 24.0 Å². The summed E-state index contributed by atoms with van der Waals surface area (Å²) in [6.45, 7) is 0. The van der Waals surface area contributed by atoms with Crippen LogP contribution in [0.3, 0.4) is 0 Å². The number of anilines is 2. The number of allylic oxidation sites excluding steroid dienone is 3. The van der Waals surface area contributed by atoms with E-state index in [1.165, 1.54) is 9.80 Å². The highest BCUT2D eigenvalue weighted by atomic mass is 35.5. The van der Waals surface area contributed by atoms with Crippen LogP contribution in [0.2, 0.25) is 10.0 Å². The monoisotopic (exact) mass is 716 g/mol. The number of nitrogens with zero attached hydrogens (tertiary/aromatic N) is 2. The summed E-state index contributed by atoms with van der Waals surface area (Å²) < 4.78 is 6.18. The Labute approximate surface area is 303 Å². The van der Waals surface area contributed by atoms with Gasteiger partial charge in [0.05, 0.1) is 40.8 Å². The van der Waals surface area contributed by atoms with Gasteiger partial charge in [-0.15, -0.1) is 0 Å². The summed E-state index contributed by atoms with van der Waals surface area (Å²) in [7, 11) is 0. The lowest BCUT2D eigenvalue weighted by atomic mass is 9.48. The molecule has 6 atom stereocenters. The zero-order valence-corrected chi connectivity index (χ0v) is 28.6. The molecule has 1 N–H and O–H groups in total. The van der Waals surface area contributed by atoms with Crippen LogP contribution in [0, 0.1) is 29.6 Å². The molecule has 4 aromatic carbocycles. The van der Waals surface area contributed by atoms with E-state index in [0.29, 0.717) is 45.6 Å². The molecule has 9 rings (SSSR count). The quantitative estimate of drug-likeness (QED) is 0.174. The minimum atomic E-state index is -1.42. The Morgan fingerprint density at radius 3 is 2.29 bits per heavy atom. The van der Waals surface area contributed by atoms with Crippen LogP contribution >= 0.6 is 23.2 Å². The normalized spacial score (nSPS) is 28.0. The lowest BCUT2D eigenvalue weighted by Crippen LogP contribution is -2.55. The van der Waals surface area contributed by atoms with Crippen LogP contribution < -0.4 is 14.5 Å². The van der Waals surface area contributed by atoms with Gasteiger partial charge >= 0.3 is 0 Å². The van der Waals surface area contributed by atoms with Gasteiger partial charge in [-0.1, -0.05) is 71.2 Å². The number of hydrogen-bond acceptors (Lipinski definition) is 6. The first-order valence-electron chi connectivity index (χ1n) is 16.9. The zero-order chi connectivity index (χ0) is 35.2. The van der Waals surface area contributed by atoms with Gasteiger partial charge in [-0.05, 0) is 90.6 Å². The number of imide groups is 2. The van der Waals surface area contributed by atoms with Crippen molar-refractivity contribution < 1.29 is 29.0 Å². The van der Waals surface area contributed by atoms with Crippen LogP contribution in [-0.2, 0) is 31.0 Å². The van der Waals surface area contributed by atoms with E-state index < -0.39 is 40.9 Å². The SMILES string of the molecule is O=C1C2CC=C3C(CC4C(=O)N(c5cccc(Cl)c5)C(=O)C4(c4ccccc4)C3C3=COc4ccc(O)cc4C3)C2C(=O)N1c1ccc(Cl)cc1. The molecular weight excluding hydrogens is 687 g/mol. The van der Waals surface area contributed by atoms with E-state index in [0.717, 1.165) is 16.7 Å². The standard InChI is InChI=1S/C41H30Cl2N2O6/c42-25-9-11-27(12-10-25)44-37(47)31-15-14-30-32(35(31)39(44)49)20-33-38(48)45(28-8-4-7-26(43)19-28)40(50)41(33,24-5-2-1-3-6-24)36(30)23-17-22-18-29(46)13-16-34(22)51-21-23/h1-14,16,18-19,21,31-33,35-36,46H,15,17,20H2. The number of fused-ring (bicyclic) bond motifs is 5. The van der Waals surface area contributed by atoms with Crippen molar-refractivity contribution in [3.8, 4) is 11.5 Å². The molecule has 2 saturated heterocycles. The topological polar surface area (TPSA) is 104 Å². The van der Waals surface area contributed by atoms with Crippen molar-refractivity contribution in [1.82, 2.24) is 0 Å². The van der Waals surface area contributed by atoms with Gasteiger partial charge in [0.2, 0.25) is 23.6 Å². The molecule has 0 aromatic heterocycles. The molecule has 51 heavy (non-hydrogen) atoms. The first-order valence-corrected chi connectivity index (χ1v) is 17.6. The maximum absolute atomic E-state index is 15.4. The van der Waals surface area contributed by atoms with Crippen molar-refractivity contribution in [1.29, 1.82) is 0 Å². The van der Waals surface area contributed by atoms with Crippen molar-refractivity contribution in [2.45, 2.75) is 24.7 Å². The minimum absolute atomic E-state index is 0.0760. The molecular formula is C41H30Cl2N2O6. The van der Waals surface area contributed by atoms with E-state index in [2.05, 4.69) is 0 Å². The van der Waals surface area contributed by atoms with E-state index in [4.69, 9.17) is 27.9 Å². The predicted molar refractivity (Wildman–Crippen MR) is 191 cm³/mol. The smallest absolute Gasteiger partial charge is 0.246 e. The maximum Gasteiger partial charge on any atom is 0.246 e. The molecule has 2 aliphatic carbocycles. The maximum atomic E-state index is 15.4. The second-order valence-corrected chi connectivity index (χ2v) is 14.7. The zero-order valence-electron chi connectivity index (χ0n) is 27.0. The summed E-state index contributed by atoms with van der Waals surface area (Å²) >= 11 is 12.6. The van der Waals surface area contributed by atoms with Crippen molar-refractivity contribution >= 4 is 58.2 Å². The Morgan fingerprint density at radius 1 is 0.745 bits per heavy atom. The number of halogens is 2. The summed E-state index contributed by atoms with van der Waals surface area (Å²) in [6.07, 6.45) is 4.48. The van der Waals surface area contributed by atoms with Gasteiger partial charge in [0.1, 0.15) is 11.5 Å². The average Bonchev–Trinajstić information content (AvgIpc) is 3.52. The van der Waals surface area contributed by atoms with Crippen molar-refractivity contribution in [2.75, 3.05) is 9.80 Å². The van der Waals surface area contributed by atoms with Crippen molar-refractivity contribution in [2.24, 2.45) is 29.6 Å². The van der Waals surface area contributed by atoms with Crippen LogP contribution in [-0.4, -0.2) is 28.7 Å². The number of carbonyl (C=O) groups is 4. The van der Waals surface area contributed by atoms with Crippen LogP contribution in [0.15, 0.2) is 121 Å². The molecule has 4 aromatic rings. The Morgan fingerprint density at radius 2 is 1.53 bits per heavy atom. The highest BCUT2D eigenvalue weighted by molar-refractivity contribution is 6.32. The summed E-state index contributed by atoms with van der Waals surface area (Å²) in [6, 6.07) is 27.5. The first-order chi connectivity index (χ1) is 24.7. The summed E-state index contributed by atoms with van der Waals surface area (Å²) in [5.74, 6) is -4.25. The average molecular weight is 718 g/mol. The lowest BCUT2D eigenvalue weighted by Gasteiger charge is -2.51. The van der Waals surface area contributed by atoms with Gasteiger partial charge in [-0.3, -0.25) is 24.1 Å². The molecule has 254 valence electrons. The van der Waals surface area contributed by atoms with Crippen molar-refractivity contribution in [3.63, 3.8) is 0 Å². The molecule has 0 radical (unpaired) electrons. The lowest BCUT2D eigenvalue weighted by molar-refractivity contribution is -0.128. The molecule has 3 aliphatic heterocycles. The Balaban J connectivity index is 1.25. The summed E-state index contributed by atoms with van der Waals surface area (Å²) in [4.78, 5) is 61.3. The molecule has 0 bridgehead atoms. The van der Waals surface area contributed by atoms with Gasteiger partial charge in [-0.2, -0.15) is 0 Å². The molecule has 0 spiro atoms. The summed E-state index contributed by atoms with van der Waals surface area (Å²) in [5, 5.41) is 11.3. The van der Waals surface area contributed by atoms with E-state index >= 15 is 4.79 Å². The Kier molecular flexibility index (Phi) is 7.28. The van der Waals surface area contributed by atoms with Gasteiger partial charge in [0, 0.05) is 27.9 Å². The molecule has 1 saturated carbocycles. The van der Waals surface area contributed by atoms with E-state index in [9.17, 15) is 19.5 Å². The third-order valence-corrected chi connectivity index (χ3v) is 11.9. The number of benzene rings is 4. The number of aromatic hydroxyl groups is 1. The summed E-state index contributed by atoms with van der Waals surface area (Å²) in [5.41, 5.74) is 2.36. The van der Waals surface area contributed by atoms with Gasteiger partial charge in [0.15, 0.2) is 0 Å². The number of amides is 4. The third kappa shape index (κ3) is 4.59. The number of ether oxygens (including phenoxy) is 1. The first kappa shape index (κ1) is 31.8. The number of rotatable bonds is 4. The van der Waals surface area contributed by atoms with Gasteiger partial charge in [0.25, 0.3) is 0 Å². The molecule has 10 heteroatoms. The van der Waals surface area contributed by atoms with E-state index in [1.54, 1.807) is 73.0 Å². The highest BCUT2D eigenvalue weighted by Crippen LogP contribution is 2.64. The third-order valence-electron chi connectivity index (χ3n) is 11.4. The number of hydrogen-bond donors (Lipinski definition) is 1. The number of carbonyl (C=O) groups excluding carboxylic acids is 4. The molecule has 3 heterocycles. The molecule has 8 nitrogen and oxygen atoms in total. The second kappa shape index (κ2) is 11.7. The van der Waals surface area contributed by atoms with Gasteiger partial charge < -0.3 is 9.84 Å². The van der Waals surface area contributed by atoms with E-state index in [-0.39, 0.29) is 29.9 Å². The fourth-order valence-electron chi connectivity index (χ4n) is 9.40. The van der Waals surface area contributed by atoms with Crippen LogP contribution in [0.4, 0.5) is 11.4 Å². The Hall–Kier alpha value is -5.18. The minimum Gasteiger partial charge on any atom is -0.508 e. The fourth-order valence-corrected chi connectivity index (χ4v) is 9.71. The number of phenols is 1. The van der Waals surface area contributed by atoms with Crippen LogP contribution in [0.5, 0.6) is 11.5 Å². The largest absolute Gasteiger partial charge is 0.508 e. The highest BCUT2D eigenvalue weighted by Gasteiger charge is 2.70.